The van der Waals surface area contributed by atoms with Crippen LogP contribution in [0.25, 0.3) is 0 Å². The third kappa shape index (κ3) is 4.47. The van der Waals surface area contributed by atoms with Crippen LogP contribution in [0.4, 0.5) is 15.8 Å². The number of phenolic OH excluding ortho intramolecular Hbond substituents is 1. The Morgan fingerprint density at radius 1 is 0.857 bits per heavy atom. The van der Waals surface area contributed by atoms with Gasteiger partial charge in [0.1, 0.15) is 11.6 Å². The Morgan fingerprint density at radius 2 is 1.36 bits per heavy atom. The number of phenols is 1. The fourth-order valence-electron chi connectivity index (χ4n) is 2.45. The zero-order chi connectivity index (χ0) is 20.3. The van der Waals surface area contributed by atoms with E-state index in [1.165, 1.54) is 24.3 Å². The molecule has 28 heavy (non-hydrogen) atoms. The molecule has 142 valence electrons. The van der Waals surface area contributed by atoms with Crippen LogP contribution in [-0.2, 0) is 0 Å². The van der Waals surface area contributed by atoms with Crippen LogP contribution in [0.3, 0.4) is 0 Å². The second kappa shape index (κ2) is 8.10. The lowest BCUT2D eigenvalue weighted by atomic mass is 10.1. The van der Waals surface area contributed by atoms with Gasteiger partial charge in [-0.25, -0.2) is 4.39 Å². The molecule has 0 heterocycles. The van der Waals surface area contributed by atoms with Crippen molar-refractivity contribution in [1.82, 2.24) is 0 Å². The number of nitrogens with one attached hydrogen (secondary N) is 2. The molecule has 0 bridgehead atoms. The van der Waals surface area contributed by atoms with Crippen molar-refractivity contribution in [2.75, 3.05) is 10.6 Å². The first-order valence-electron chi connectivity index (χ1n) is 8.31. The molecule has 0 spiro atoms. The average Bonchev–Trinajstić information content (AvgIpc) is 2.66. The molecule has 0 aliphatic carbocycles. The number of aromatic hydroxyl groups is 1. The summed E-state index contributed by atoms with van der Waals surface area (Å²) in [4.78, 5) is 24.5. The largest absolute Gasteiger partial charge is 0.506 e. The molecule has 7 heteroatoms. The first kappa shape index (κ1) is 19.4. The standard InChI is InChI=1S/C21H16ClFN2O3/c1-12-2-4-13(5-3-12)21(28)25-18-10-16(22)17(11-19(18)26)24-20(27)14-6-8-15(23)9-7-14/h2-11,26H,1H3,(H,24,27)(H,25,28). The number of rotatable bonds is 4. The van der Waals surface area contributed by atoms with E-state index in [0.29, 0.717) is 5.56 Å². The molecule has 3 rings (SSSR count). The molecule has 5 nitrogen and oxygen atoms in total. The normalized spacial score (nSPS) is 10.4. The van der Waals surface area contributed by atoms with Gasteiger partial charge in [0, 0.05) is 17.2 Å². The highest BCUT2D eigenvalue weighted by Crippen LogP contribution is 2.34. The van der Waals surface area contributed by atoms with Crippen molar-refractivity contribution in [3.05, 3.63) is 88.2 Å². The minimum Gasteiger partial charge on any atom is -0.506 e. The molecule has 3 N–H and O–H groups in total. The molecule has 0 unspecified atom stereocenters. The summed E-state index contributed by atoms with van der Waals surface area (Å²) in [5, 5.41) is 15.4. The van der Waals surface area contributed by atoms with Gasteiger partial charge in [-0.3, -0.25) is 9.59 Å². The minimum atomic E-state index is -0.516. The van der Waals surface area contributed by atoms with E-state index < -0.39 is 17.6 Å². The SMILES string of the molecule is Cc1ccc(C(=O)Nc2cc(Cl)c(NC(=O)c3ccc(F)cc3)cc2O)cc1. The highest BCUT2D eigenvalue weighted by Gasteiger charge is 2.14. The Morgan fingerprint density at radius 3 is 1.93 bits per heavy atom. The molecular formula is C21H16ClFN2O3. The molecule has 2 amide bonds. The first-order valence-corrected chi connectivity index (χ1v) is 8.69. The summed E-state index contributed by atoms with van der Waals surface area (Å²) in [5.41, 5.74) is 1.93. The summed E-state index contributed by atoms with van der Waals surface area (Å²) in [6.07, 6.45) is 0. The van der Waals surface area contributed by atoms with Crippen LogP contribution >= 0.6 is 11.6 Å². The number of halogens is 2. The van der Waals surface area contributed by atoms with Crippen molar-refractivity contribution >= 4 is 34.8 Å². The van der Waals surface area contributed by atoms with Crippen LogP contribution in [0, 0.1) is 12.7 Å². The Labute approximate surface area is 165 Å². The fraction of sp³-hybridized carbons (Fsp3) is 0.0476. The van der Waals surface area contributed by atoms with Gasteiger partial charge >= 0.3 is 0 Å². The number of anilines is 2. The van der Waals surface area contributed by atoms with E-state index in [4.69, 9.17) is 11.6 Å². The van der Waals surface area contributed by atoms with E-state index in [-0.39, 0.29) is 27.7 Å². The summed E-state index contributed by atoms with van der Waals surface area (Å²) >= 11 is 6.17. The molecule has 0 radical (unpaired) electrons. The monoisotopic (exact) mass is 398 g/mol. The summed E-state index contributed by atoms with van der Waals surface area (Å²) in [6.45, 7) is 1.91. The van der Waals surface area contributed by atoms with Crippen LogP contribution in [0.15, 0.2) is 60.7 Å². The molecule has 0 saturated carbocycles. The average molecular weight is 399 g/mol. The number of carbonyl (C=O) groups is 2. The maximum atomic E-state index is 13.0. The van der Waals surface area contributed by atoms with E-state index in [2.05, 4.69) is 10.6 Å². The van der Waals surface area contributed by atoms with Crippen LogP contribution in [-0.4, -0.2) is 16.9 Å². The van der Waals surface area contributed by atoms with Gasteiger partial charge in [-0.2, -0.15) is 0 Å². The topological polar surface area (TPSA) is 78.4 Å². The Hall–Kier alpha value is -3.38. The predicted molar refractivity (Wildman–Crippen MR) is 107 cm³/mol. The number of benzene rings is 3. The number of hydrogen-bond donors (Lipinski definition) is 3. The number of hydrogen-bond acceptors (Lipinski definition) is 3. The summed E-state index contributed by atoms with van der Waals surface area (Å²) in [7, 11) is 0. The van der Waals surface area contributed by atoms with Crippen LogP contribution in [0.2, 0.25) is 5.02 Å². The zero-order valence-electron chi connectivity index (χ0n) is 14.8. The van der Waals surface area contributed by atoms with E-state index in [1.807, 2.05) is 6.92 Å². The molecule has 3 aromatic carbocycles. The van der Waals surface area contributed by atoms with Gasteiger partial charge in [-0.15, -0.1) is 0 Å². The van der Waals surface area contributed by atoms with Crippen molar-refractivity contribution in [3.63, 3.8) is 0 Å². The minimum absolute atomic E-state index is 0.107. The van der Waals surface area contributed by atoms with E-state index in [9.17, 15) is 19.1 Å². The van der Waals surface area contributed by atoms with Crippen LogP contribution < -0.4 is 10.6 Å². The van der Waals surface area contributed by atoms with Gasteiger partial charge in [0.25, 0.3) is 11.8 Å². The molecule has 0 fully saturated rings. The van der Waals surface area contributed by atoms with Gasteiger partial charge in [0.2, 0.25) is 0 Å². The van der Waals surface area contributed by atoms with E-state index in [1.54, 1.807) is 24.3 Å². The van der Waals surface area contributed by atoms with Crippen LogP contribution in [0.1, 0.15) is 26.3 Å². The molecule has 0 aromatic heterocycles. The lowest BCUT2D eigenvalue weighted by molar-refractivity contribution is 0.101. The maximum Gasteiger partial charge on any atom is 0.255 e. The molecular weight excluding hydrogens is 383 g/mol. The molecule has 0 aliphatic heterocycles. The van der Waals surface area contributed by atoms with Gasteiger partial charge in [-0.1, -0.05) is 29.3 Å². The second-order valence-electron chi connectivity index (χ2n) is 6.13. The van der Waals surface area contributed by atoms with E-state index in [0.717, 1.165) is 17.7 Å². The van der Waals surface area contributed by atoms with Crippen molar-refractivity contribution < 1.29 is 19.1 Å². The smallest absolute Gasteiger partial charge is 0.255 e. The summed E-state index contributed by atoms with van der Waals surface area (Å²) < 4.78 is 13.0. The molecule has 0 atom stereocenters. The second-order valence-corrected chi connectivity index (χ2v) is 6.54. The third-order valence-corrected chi connectivity index (χ3v) is 4.31. The Balaban J connectivity index is 1.76. The summed E-state index contributed by atoms with van der Waals surface area (Å²) in [5.74, 6) is -1.65. The van der Waals surface area contributed by atoms with Crippen molar-refractivity contribution in [3.8, 4) is 5.75 Å². The quantitative estimate of drug-likeness (QED) is 0.541. The summed E-state index contributed by atoms with van der Waals surface area (Å²) in [6, 6.07) is 14.5. The van der Waals surface area contributed by atoms with Gasteiger partial charge in [0.15, 0.2) is 0 Å². The predicted octanol–water partition coefficient (Wildman–Crippen LogP) is 5.00. The zero-order valence-corrected chi connectivity index (χ0v) is 15.5. The number of carbonyl (C=O) groups excluding carboxylic acids is 2. The molecule has 3 aromatic rings. The van der Waals surface area contributed by atoms with Crippen LogP contribution in [0.5, 0.6) is 5.75 Å². The maximum absolute atomic E-state index is 13.0. The fourth-order valence-corrected chi connectivity index (χ4v) is 2.66. The van der Waals surface area contributed by atoms with Gasteiger partial charge in [-0.05, 0) is 49.4 Å². The highest BCUT2D eigenvalue weighted by molar-refractivity contribution is 6.34. The van der Waals surface area contributed by atoms with Gasteiger partial charge < -0.3 is 15.7 Å². The van der Waals surface area contributed by atoms with Crippen molar-refractivity contribution in [2.24, 2.45) is 0 Å². The number of aryl methyl sites for hydroxylation is 1. The van der Waals surface area contributed by atoms with Crippen molar-refractivity contribution in [2.45, 2.75) is 6.92 Å². The lowest BCUT2D eigenvalue weighted by Crippen LogP contribution is -2.14. The first-order chi connectivity index (χ1) is 13.3. The van der Waals surface area contributed by atoms with E-state index >= 15 is 0 Å². The molecule has 0 saturated heterocycles. The van der Waals surface area contributed by atoms with Crippen molar-refractivity contribution in [1.29, 1.82) is 0 Å². The Bertz CT molecular complexity index is 950. The van der Waals surface area contributed by atoms with Gasteiger partial charge in [0.05, 0.1) is 16.4 Å². The highest BCUT2D eigenvalue weighted by atomic mass is 35.5. The molecule has 0 aliphatic rings. The number of amides is 2. The third-order valence-electron chi connectivity index (χ3n) is 4.00. The lowest BCUT2D eigenvalue weighted by Gasteiger charge is -2.12. The Kier molecular flexibility index (Phi) is 5.61.